The Hall–Kier alpha value is -1.14. The molecule has 98 valence electrons. The summed E-state index contributed by atoms with van der Waals surface area (Å²) in [5.74, 6) is 0.0468. The van der Waals surface area contributed by atoms with E-state index < -0.39 is 0 Å². The Bertz CT molecular complexity index is 263. The van der Waals surface area contributed by atoms with Gasteiger partial charge in [-0.2, -0.15) is 0 Å². The number of hydrogen-bond acceptors (Lipinski definition) is 4. The van der Waals surface area contributed by atoms with Crippen LogP contribution in [0.3, 0.4) is 0 Å². The molecule has 0 aromatic carbocycles. The van der Waals surface area contributed by atoms with Crippen LogP contribution in [0.15, 0.2) is 0 Å². The van der Waals surface area contributed by atoms with Gasteiger partial charge in [0.25, 0.3) is 0 Å². The fourth-order valence-electron chi connectivity index (χ4n) is 1.72. The predicted molar refractivity (Wildman–Crippen MR) is 63.6 cm³/mol. The van der Waals surface area contributed by atoms with Crippen molar-refractivity contribution >= 4 is 11.8 Å². The van der Waals surface area contributed by atoms with Crippen molar-refractivity contribution in [2.75, 3.05) is 53.0 Å². The lowest BCUT2D eigenvalue weighted by atomic mass is 10.3. The first-order valence-electron chi connectivity index (χ1n) is 5.95. The SMILES string of the molecule is CCOCC(=O)N1CCN(CC(=O)NC)CC1. The summed E-state index contributed by atoms with van der Waals surface area (Å²) in [5.41, 5.74) is 0. The van der Waals surface area contributed by atoms with Crippen LogP contribution in [-0.4, -0.2) is 74.6 Å². The number of ether oxygens (including phenoxy) is 1. The molecule has 1 heterocycles. The van der Waals surface area contributed by atoms with Gasteiger partial charge in [0, 0.05) is 39.8 Å². The van der Waals surface area contributed by atoms with E-state index in [1.54, 1.807) is 11.9 Å². The van der Waals surface area contributed by atoms with Gasteiger partial charge in [0.15, 0.2) is 0 Å². The highest BCUT2D eigenvalue weighted by atomic mass is 16.5. The van der Waals surface area contributed by atoms with Crippen LogP contribution in [0, 0.1) is 0 Å². The molecule has 2 amide bonds. The van der Waals surface area contributed by atoms with Gasteiger partial charge in [0.2, 0.25) is 11.8 Å². The first-order valence-corrected chi connectivity index (χ1v) is 5.95. The van der Waals surface area contributed by atoms with E-state index in [1.807, 2.05) is 11.8 Å². The molecule has 1 saturated heterocycles. The van der Waals surface area contributed by atoms with Crippen molar-refractivity contribution in [3.8, 4) is 0 Å². The van der Waals surface area contributed by atoms with Crippen LogP contribution in [0.5, 0.6) is 0 Å². The molecular weight excluding hydrogens is 222 g/mol. The molecule has 0 saturated carbocycles. The first-order chi connectivity index (χ1) is 8.17. The fraction of sp³-hybridized carbons (Fsp3) is 0.818. The number of nitrogens with zero attached hydrogens (tertiary/aromatic N) is 2. The number of nitrogens with one attached hydrogen (secondary N) is 1. The third-order valence-corrected chi connectivity index (χ3v) is 2.80. The zero-order valence-electron chi connectivity index (χ0n) is 10.6. The number of hydrogen-bond donors (Lipinski definition) is 1. The Morgan fingerprint density at radius 3 is 2.41 bits per heavy atom. The number of rotatable bonds is 5. The lowest BCUT2D eigenvalue weighted by molar-refractivity contribution is -0.137. The molecule has 0 aromatic rings. The molecule has 1 rings (SSSR count). The van der Waals surface area contributed by atoms with Gasteiger partial charge < -0.3 is 15.0 Å². The van der Waals surface area contributed by atoms with E-state index in [1.165, 1.54) is 0 Å². The summed E-state index contributed by atoms with van der Waals surface area (Å²) in [7, 11) is 1.63. The maximum Gasteiger partial charge on any atom is 0.248 e. The summed E-state index contributed by atoms with van der Waals surface area (Å²) in [6.07, 6.45) is 0. The number of carbonyl (C=O) groups excluding carboxylic acids is 2. The van der Waals surface area contributed by atoms with Gasteiger partial charge in [-0.05, 0) is 6.92 Å². The van der Waals surface area contributed by atoms with Crippen LogP contribution in [-0.2, 0) is 14.3 Å². The van der Waals surface area contributed by atoms with Crippen LogP contribution in [0.25, 0.3) is 0 Å². The van der Waals surface area contributed by atoms with Crippen LogP contribution in [0.4, 0.5) is 0 Å². The zero-order chi connectivity index (χ0) is 12.7. The molecule has 0 aliphatic carbocycles. The topological polar surface area (TPSA) is 61.9 Å². The normalized spacial score (nSPS) is 16.9. The van der Waals surface area contributed by atoms with Crippen LogP contribution >= 0.6 is 0 Å². The second kappa shape index (κ2) is 7.24. The number of likely N-dealkylation sites (N-methyl/N-ethyl adjacent to an activating group) is 1. The van der Waals surface area contributed by atoms with Crippen molar-refractivity contribution in [1.29, 1.82) is 0 Å². The number of carbonyl (C=O) groups is 2. The van der Waals surface area contributed by atoms with Gasteiger partial charge in [0.1, 0.15) is 6.61 Å². The number of piperazine rings is 1. The standard InChI is InChI=1S/C11H21N3O3/c1-3-17-9-11(16)14-6-4-13(5-7-14)8-10(15)12-2/h3-9H2,1-2H3,(H,12,15). The zero-order valence-corrected chi connectivity index (χ0v) is 10.6. The lowest BCUT2D eigenvalue weighted by Gasteiger charge is -2.34. The summed E-state index contributed by atoms with van der Waals surface area (Å²) < 4.78 is 5.09. The molecule has 1 N–H and O–H groups in total. The second-order valence-electron chi connectivity index (χ2n) is 3.97. The van der Waals surface area contributed by atoms with E-state index in [4.69, 9.17) is 4.74 Å². The van der Waals surface area contributed by atoms with E-state index in [2.05, 4.69) is 5.32 Å². The molecule has 0 spiro atoms. The van der Waals surface area contributed by atoms with Crippen LogP contribution < -0.4 is 5.32 Å². The first kappa shape index (κ1) is 13.9. The summed E-state index contributed by atoms with van der Waals surface area (Å²) in [6.45, 7) is 5.81. The van der Waals surface area contributed by atoms with Crippen molar-refractivity contribution in [1.82, 2.24) is 15.1 Å². The second-order valence-corrected chi connectivity index (χ2v) is 3.97. The Morgan fingerprint density at radius 1 is 1.24 bits per heavy atom. The molecule has 0 unspecified atom stereocenters. The van der Waals surface area contributed by atoms with Gasteiger partial charge in [0.05, 0.1) is 6.54 Å². The summed E-state index contributed by atoms with van der Waals surface area (Å²) in [4.78, 5) is 26.7. The van der Waals surface area contributed by atoms with E-state index in [-0.39, 0.29) is 18.4 Å². The molecular formula is C11H21N3O3. The average molecular weight is 243 g/mol. The minimum Gasteiger partial charge on any atom is -0.372 e. The van der Waals surface area contributed by atoms with Gasteiger partial charge in [-0.1, -0.05) is 0 Å². The predicted octanol–water partition coefficient (Wildman–Crippen LogP) is -1.09. The molecule has 0 bridgehead atoms. The molecule has 1 fully saturated rings. The summed E-state index contributed by atoms with van der Waals surface area (Å²) in [5, 5.41) is 2.59. The third-order valence-electron chi connectivity index (χ3n) is 2.80. The highest BCUT2D eigenvalue weighted by Crippen LogP contribution is 2.02. The van der Waals surface area contributed by atoms with E-state index >= 15 is 0 Å². The summed E-state index contributed by atoms with van der Waals surface area (Å²) >= 11 is 0. The third kappa shape index (κ3) is 4.70. The molecule has 1 aliphatic rings. The van der Waals surface area contributed by atoms with Gasteiger partial charge in [-0.25, -0.2) is 0 Å². The van der Waals surface area contributed by atoms with Crippen LogP contribution in [0.2, 0.25) is 0 Å². The van der Waals surface area contributed by atoms with Crippen molar-refractivity contribution < 1.29 is 14.3 Å². The smallest absolute Gasteiger partial charge is 0.248 e. The highest BCUT2D eigenvalue weighted by Gasteiger charge is 2.21. The van der Waals surface area contributed by atoms with E-state index in [0.717, 1.165) is 13.1 Å². The highest BCUT2D eigenvalue weighted by molar-refractivity contribution is 5.78. The molecule has 0 atom stereocenters. The average Bonchev–Trinajstić information content (AvgIpc) is 2.36. The molecule has 0 aromatic heterocycles. The Labute approximate surface area is 102 Å². The molecule has 17 heavy (non-hydrogen) atoms. The van der Waals surface area contributed by atoms with E-state index in [0.29, 0.717) is 26.2 Å². The van der Waals surface area contributed by atoms with Gasteiger partial charge in [-0.3, -0.25) is 14.5 Å². The molecule has 6 heteroatoms. The minimum absolute atomic E-state index is 0.0130. The van der Waals surface area contributed by atoms with Gasteiger partial charge >= 0.3 is 0 Å². The van der Waals surface area contributed by atoms with Crippen molar-refractivity contribution in [2.45, 2.75) is 6.92 Å². The number of amides is 2. The van der Waals surface area contributed by atoms with E-state index in [9.17, 15) is 9.59 Å². The Kier molecular flexibility index (Phi) is 5.93. The fourth-order valence-corrected chi connectivity index (χ4v) is 1.72. The summed E-state index contributed by atoms with van der Waals surface area (Å²) in [6, 6.07) is 0. The van der Waals surface area contributed by atoms with Gasteiger partial charge in [-0.15, -0.1) is 0 Å². The molecule has 0 radical (unpaired) electrons. The largest absolute Gasteiger partial charge is 0.372 e. The van der Waals surface area contributed by atoms with Crippen molar-refractivity contribution in [3.63, 3.8) is 0 Å². The van der Waals surface area contributed by atoms with Crippen molar-refractivity contribution in [3.05, 3.63) is 0 Å². The maximum atomic E-state index is 11.6. The quantitative estimate of drug-likeness (QED) is 0.667. The van der Waals surface area contributed by atoms with Crippen molar-refractivity contribution in [2.24, 2.45) is 0 Å². The Balaban J connectivity index is 2.25. The monoisotopic (exact) mass is 243 g/mol. The molecule has 6 nitrogen and oxygen atoms in total. The van der Waals surface area contributed by atoms with Crippen LogP contribution in [0.1, 0.15) is 6.92 Å². The lowest BCUT2D eigenvalue weighted by Crippen LogP contribution is -2.51. The maximum absolute atomic E-state index is 11.6. The Morgan fingerprint density at radius 2 is 1.88 bits per heavy atom. The minimum atomic E-state index is 0.0130. The molecule has 1 aliphatic heterocycles.